The van der Waals surface area contributed by atoms with E-state index in [2.05, 4.69) is 94.0 Å². The van der Waals surface area contributed by atoms with Gasteiger partial charge in [-0.1, -0.05) is 97.1 Å². The van der Waals surface area contributed by atoms with E-state index in [0.29, 0.717) is 5.82 Å². The summed E-state index contributed by atoms with van der Waals surface area (Å²) in [6.45, 7) is 0. The maximum absolute atomic E-state index is 4.99. The van der Waals surface area contributed by atoms with Crippen molar-refractivity contribution >= 4 is 27.7 Å². The average molecular weight is 514 g/mol. The van der Waals surface area contributed by atoms with E-state index in [-0.39, 0.29) is 0 Å². The molecule has 0 unspecified atom stereocenters. The molecule has 8 aromatic rings. The molecule has 0 N–H and O–H groups in total. The highest BCUT2D eigenvalue weighted by Crippen LogP contribution is 2.33. The predicted molar refractivity (Wildman–Crippen MR) is 161 cm³/mol. The molecule has 0 saturated carbocycles. The van der Waals surface area contributed by atoms with Crippen molar-refractivity contribution in [3.8, 4) is 39.6 Å². The van der Waals surface area contributed by atoms with Crippen LogP contribution in [0.3, 0.4) is 0 Å². The summed E-state index contributed by atoms with van der Waals surface area (Å²) in [6, 6.07) is 45.7. The molecule has 40 heavy (non-hydrogen) atoms. The molecule has 4 aromatic heterocycles. The van der Waals surface area contributed by atoms with Crippen LogP contribution >= 0.6 is 0 Å². The molecular weight excluding hydrogens is 490 g/mol. The second-order valence-electron chi connectivity index (χ2n) is 9.81. The molecule has 0 aliphatic carbocycles. The maximum atomic E-state index is 4.99. The van der Waals surface area contributed by atoms with Crippen LogP contribution in [0.15, 0.2) is 140 Å². The van der Waals surface area contributed by atoms with Crippen LogP contribution in [0.5, 0.6) is 0 Å². The Kier molecular flexibility index (Phi) is 5.07. The van der Waals surface area contributed by atoms with Crippen molar-refractivity contribution in [2.24, 2.45) is 0 Å². The Labute approximate surface area is 230 Å². The monoisotopic (exact) mass is 513 g/mol. The van der Waals surface area contributed by atoms with Crippen LogP contribution in [0.1, 0.15) is 0 Å². The van der Waals surface area contributed by atoms with Crippen molar-refractivity contribution in [1.82, 2.24) is 23.9 Å². The zero-order valence-corrected chi connectivity index (χ0v) is 21.5. The lowest BCUT2D eigenvalue weighted by Crippen LogP contribution is -1.98. The number of imidazole rings is 1. The lowest BCUT2D eigenvalue weighted by molar-refractivity contribution is 1.09. The molecule has 4 heterocycles. The van der Waals surface area contributed by atoms with E-state index in [1.807, 2.05) is 54.6 Å². The van der Waals surface area contributed by atoms with Crippen molar-refractivity contribution in [2.45, 2.75) is 0 Å². The highest BCUT2D eigenvalue weighted by Gasteiger charge is 2.18. The summed E-state index contributed by atoms with van der Waals surface area (Å²) < 4.78 is 4.45. The Balaban J connectivity index is 1.29. The molecule has 0 spiro atoms. The molecular formula is C35H23N5. The number of hydrogen-bond donors (Lipinski definition) is 0. The van der Waals surface area contributed by atoms with E-state index in [4.69, 9.17) is 15.0 Å². The van der Waals surface area contributed by atoms with Gasteiger partial charge in [0.15, 0.2) is 11.5 Å². The lowest BCUT2D eigenvalue weighted by atomic mass is 10.1. The van der Waals surface area contributed by atoms with Crippen LogP contribution in [0, 0.1) is 0 Å². The number of aromatic nitrogens is 5. The molecule has 8 rings (SSSR count). The number of nitrogens with zero attached hydrogens (tertiary/aromatic N) is 5. The fourth-order valence-electron chi connectivity index (χ4n) is 5.47. The van der Waals surface area contributed by atoms with E-state index in [0.717, 1.165) is 61.5 Å². The highest BCUT2D eigenvalue weighted by molar-refractivity contribution is 6.07. The van der Waals surface area contributed by atoms with Crippen molar-refractivity contribution in [2.75, 3.05) is 0 Å². The van der Waals surface area contributed by atoms with Crippen LogP contribution in [0.4, 0.5) is 0 Å². The van der Waals surface area contributed by atoms with Crippen LogP contribution in [-0.4, -0.2) is 23.9 Å². The average Bonchev–Trinajstić information content (AvgIpc) is 3.57. The molecule has 5 heteroatoms. The molecule has 5 nitrogen and oxygen atoms in total. The van der Waals surface area contributed by atoms with Crippen LogP contribution < -0.4 is 0 Å². The summed E-state index contributed by atoms with van der Waals surface area (Å²) in [7, 11) is 0. The molecule has 0 fully saturated rings. The van der Waals surface area contributed by atoms with Gasteiger partial charge in [-0.2, -0.15) is 0 Å². The second-order valence-corrected chi connectivity index (χ2v) is 9.81. The van der Waals surface area contributed by atoms with Gasteiger partial charge in [-0.3, -0.25) is 8.97 Å². The first-order valence-corrected chi connectivity index (χ1v) is 13.3. The summed E-state index contributed by atoms with van der Waals surface area (Å²) in [6.07, 6.45) is 2.07. The Hall–Kier alpha value is -5.55. The van der Waals surface area contributed by atoms with Crippen LogP contribution in [0.25, 0.3) is 67.3 Å². The van der Waals surface area contributed by atoms with Crippen molar-refractivity contribution < 1.29 is 0 Å². The zero-order valence-electron chi connectivity index (χ0n) is 21.5. The van der Waals surface area contributed by atoms with E-state index in [9.17, 15) is 0 Å². The molecule has 4 aromatic carbocycles. The first-order chi connectivity index (χ1) is 19.8. The van der Waals surface area contributed by atoms with Gasteiger partial charge in [-0.05, 0) is 36.4 Å². The minimum absolute atomic E-state index is 0.713. The fraction of sp³-hybridized carbons (Fsp3) is 0. The van der Waals surface area contributed by atoms with Gasteiger partial charge in [0.1, 0.15) is 11.2 Å². The Morgan fingerprint density at radius 1 is 0.500 bits per heavy atom. The molecule has 0 saturated heterocycles. The molecule has 0 atom stereocenters. The maximum Gasteiger partial charge on any atom is 0.160 e. The van der Waals surface area contributed by atoms with Gasteiger partial charge in [0, 0.05) is 34.0 Å². The van der Waals surface area contributed by atoms with E-state index >= 15 is 0 Å². The van der Waals surface area contributed by atoms with Crippen LogP contribution in [-0.2, 0) is 0 Å². The van der Waals surface area contributed by atoms with Gasteiger partial charge in [-0.25, -0.2) is 15.0 Å². The summed E-state index contributed by atoms with van der Waals surface area (Å²) >= 11 is 0. The number of benzene rings is 4. The van der Waals surface area contributed by atoms with E-state index in [1.165, 1.54) is 0 Å². The van der Waals surface area contributed by atoms with Gasteiger partial charge in [0.2, 0.25) is 0 Å². The van der Waals surface area contributed by atoms with Crippen LogP contribution in [0.2, 0.25) is 0 Å². The largest absolute Gasteiger partial charge is 0.294 e. The molecule has 0 aliphatic heterocycles. The van der Waals surface area contributed by atoms with Crippen molar-refractivity contribution in [3.63, 3.8) is 0 Å². The van der Waals surface area contributed by atoms with E-state index in [1.54, 1.807) is 0 Å². The van der Waals surface area contributed by atoms with Gasteiger partial charge in [-0.15, -0.1) is 0 Å². The first-order valence-electron chi connectivity index (χ1n) is 13.3. The van der Waals surface area contributed by atoms with Crippen molar-refractivity contribution in [3.05, 3.63) is 140 Å². The SMILES string of the molecule is c1ccc(-c2cc(-c3ccc(-n4c5ccccc5c5nc6ccccn6c54)cc3)nc(-c3ccccc3)n2)cc1. The summed E-state index contributed by atoms with van der Waals surface area (Å²) in [5.74, 6) is 0.713. The third-order valence-electron chi connectivity index (χ3n) is 7.37. The quantitative estimate of drug-likeness (QED) is 0.238. The summed E-state index contributed by atoms with van der Waals surface area (Å²) in [5.41, 5.74) is 10.1. The second kappa shape index (κ2) is 9.03. The minimum atomic E-state index is 0.713. The normalized spacial score (nSPS) is 11.5. The van der Waals surface area contributed by atoms with Gasteiger partial charge < -0.3 is 0 Å². The Morgan fingerprint density at radius 2 is 1.12 bits per heavy atom. The fourth-order valence-corrected chi connectivity index (χ4v) is 5.47. The molecule has 0 aliphatic rings. The number of pyridine rings is 1. The number of fused-ring (bicyclic) bond motifs is 5. The van der Waals surface area contributed by atoms with Gasteiger partial charge in [0.05, 0.1) is 16.9 Å². The molecule has 188 valence electrons. The Morgan fingerprint density at radius 3 is 1.88 bits per heavy atom. The molecule has 0 bridgehead atoms. The number of rotatable bonds is 4. The van der Waals surface area contributed by atoms with Gasteiger partial charge >= 0.3 is 0 Å². The topological polar surface area (TPSA) is 48.0 Å². The first kappa shape index (κ1) is 22.4. The standard InChI is InChI=1S/C35H23N5/c1-3-11-24(12-4-1)29-23-30(37-34(36-29)26-13-5-2-6-14-26)25-18-20-27(21-19-25)40-31-16-8-7-15-28(31)33-35(40)39-22-10-9-17-32(39)38-33/h1-23H. The summed E-state index contributed by atoms with van der Waals surface area (Å²) in [5, 5.41) is 1.14. The predicted octanol–water partition coefficient (Wildman–Crippen LogP) is 8.22. The third-order valence-corrected chi connectivity index (χ3v) is 7.37. The van der Waals surface area contributed by atoms with Gasteiger partial charge in [0.25, 0.3) is 0 Å². The van der Waals surface area contributed by atoms with E-state index < -0.39 is 0 Å². The van der Waals surface area contributed by atoms with Crippen molar-refractivity contribution in [1.29, 1.82) is 0 Å². The number of hydrogen-bond acceptors (Lipinski definition) is 3. The Bertz CT molecular complexity index is 2080. The summed E-state index contributed by atoms with van der Waals surface area (Å²) in [4.78, 5) is 14.9. The minimum Gasteiger partial charge on any atom is -0.294 e. The number of para-hydroxylation sites is 1. The smallest absolute Gasteiger partial charge is 0.160 e. The third kappa shape index (κ3) is 3.60. The lowest BCUT2D eigenvalue weighted by Gasteiger charge is -2.11. The zero-order chi connectivity index (χ0) is 26.5. The molecule has 0 radical (unpaired) electrons. The molecule has 0 amide bonds. The highest BCUT2D eigenvalue weighted by atomic mass is 15.1.